The van der Waals surface area contributed by atoms with Crippen LogP contribution < -0.4 is 4.74 Å². The molecule has 1 aliphatic carbocycles. The number of hydrogen-bond acceptors (Lipinski definition) is 3. The summed E-state index contributed by atoms with van der Waals surface area (Å²) in [4.78, 5) is 8.86. The molecule has 0 unspecified atom stereocenters. The molecule has 0 aromatic carbocycles. The van der Waals surface area contributed by atoms with E-state index in [1.807, 2.05) is 18.2 Å². The molecule has 4 heteroatoms. The first kappa shape index (κ1) is 15.7. The monoisotopic (exact) mass is 362 g/mol. The average molecular weight is 363 g/mol. The van der Waals surface area contributed by atoms with Crippen LogP contribution in [-0.2, 0) is 0 Å². The van der Waals surface area contributed by atoms with E-state index < -0.39 is 0 Å². The first-order valence-electron chi connectivity index (χ1n) is 8.01. The molecule has 1 fully saturated rings. The van der Waals surface area contributed by atoms with E-state index in [-0.39, 0.29) is 0 Å². The number of hydrogen-bond donors (Lipinski definition) is 0. The van der Waals surface area contributed by atoms with Gasteiger partial charge in [0, 0.05) is 22.1 Å². The van der Waals surface area contributed by atoms with E-state index >= 15 is 0 Å². The fraction of sp³-hybridized carbons (Fsp3) is 0.556. The number of halogens is 1. The summed E-state index contributed by atoms with van der Waals surface area (Å²) >= 11 is 3.43. The molecule has 2 aromatic heterocycles. The number of nitrogens with zero attached hydrogens (tertiary/aromatic N) is 2. The maximum atomic E-state index is 6.09. The van der Waals surface area contributed by atoms with E-state index in [4.69, 9.17) is 4.74 Å². The molecule has 1 aliphatic rings. The predicted molar refractivity (Wildman–Crippen MR) is 93.1 cm³/mol. The fourth-order valence-corrected chi connectivity index (χ4v) is 3.60. The molecule has 0 aliphatic heterocycles. The zero-order valence-corrected chi connectivity index (χ0v) is 15.1. The quantitative estimate of drug-likeness (QED) is 0.719. The Balaban J connectivity index is 1.66. The van der Waals surface area contributed by atoms with Gasteiger partial charge in [-0.1, -0.05) is 20.8 Å². The second kappa shape index (κ2) is 6.15. The molecule has 0 radical (unpaired) electrons. The number of ether oxygens (including phenoxy) is 1. The van der Waals surface area contributed by atoms with Crippen LogP contribution in [0.4, 0.5) is 0 Å². The van der Waals surface area contributed by atoms with Crippen LogP contribution >= 0.6 is 15.9 Å². The Morgan fingerprint density at radius 2 is 1.86 bits per heavy atom. The smallest absolute Gasteiger partial charge is 0.215 e. The van der Waals surface area contributed by atoms with Crippen LogP contribution in [0.2, 0.25) is 0 Å². The summed E-state index contributed by atoms with van der Waals surface area (Å²) in [7, 11) is 0. The Morgan fingerprint density at radius 3 is 2.55 bits per heavy atom. The number of fused-ring (bicyclic) bond motifs is 1. The minimum atomic E-state index is 0.291. The standard InChI is InChI=1S/C18H23BrN2O/c1-18(2,3)13-5-7-15(8-6-13)22-16-9-4-12-10-14(19)11-20-17(12)21-16/h4,9-11,13,15H,5-8H2,1-3H3/t13-,15-. The molecular formula is C18H23BrN2O. The van der Waals surface area contributed by atoms with Crippen molar-refractivity contribution in [2.75, 3.05) is 0 Å². The Bertz CT molecular complexity index is 658. The Labute approximate surface area is 140 Å². The molecule has 2 aromatic rings. The van der Waals surface area contributed by atoms with E-state index in [1.165, 1.54) is 12.8 Å². The average Bonchev–Trinajstić information content (AvgIpc) is 2.47. The zero-order chi connectivity index (χ0) is 15.7. The molecule has 0 amide bonds. The van der Waals surface area contributed by atoms with Crippen molar-refractivity contribution in [2.45, 2.75) is 52.6 Å². The van der Waals surface area contributed by atoms with Crippen LogP contribution in [0, 0.1) is 11.3 Å². The highest BCUT2D eigenvalue weighted by Crippen LogP contribution is 2.38. The molecule has 0 spiro atoms. The summed E-state index contributed by atoms with van der Waals surface area (Å²) < 4.78 is 7.06. The maximum absolute atomic E-state index is 6.09. The van der Waals surface area contributed by atoms with E-state index in [1.54, 1.807) is 6.20 Å². The molecule has 0 N–H and O–H groups in total. The van der Waals surface area contributed by atoms with Crippen molar-refractivity contribution in [3.05, 3.63) is 28.9 Å². The summed E-state index contributed by atoms with van der Waals surface area (Å²) in [6.45, 7) is 7.02. The molecule has 3 nitrogen and oxygen atoms in total. The van der Waals surface area contributed by atoms with Crippen molar-refractivity contribution >= 4 is 27.0 Å². The summed E-state index contributed by atoms with van der Waals surface area (Å²) in [6, 6.07) is 6.00. The van der Waals surface area contributed by atoms with Crippen molar-refractivity contribution < 1.29 is 4.74 Å². The van der Waals surface area contributed by atoms with E-state index in [2.05, 4.69) is 46.7 Å². The summed E-state index contributed by atoms with van der Waals surface area (Å²) in [5.41, 5.74) is 1.15. The Hall–Kier alpha value is -1.16. The first-order valence-corrected chi connectivity index (χ1v) is 8.80. The number of pyridine rings is 2. The maximum Gasteiger partial charge on any atom is 0.215 e. The van der Waals surface area contributed by atoms with E-state index in [9.17, 15) is 0 Å². The van der Waals surface area contributed by atoms with Crippen LogP contribution in [-0.4, -0.2) is 16.1 Å². The van der Waals surface area contributed by atoms with Crippen LogP contribution in [0.15, 0.2) is 28.9 Å². The lowest BCUT2D eigenvalue weighted by molar-refractivity contribution is 0.0854. The van der Waals surface area contributed by atoms with Gasteiger partial charge in [0.1, 0.15) is 6.10 Å². The van der Waals surface area contributed by atoms with Gasteiger partial charge in [-0.15, -0.1) is 0 Å². The third-order valence-electron chi connectivity index (χ3n) is 4.67. The van der Waals surface area contributed by atoms with Crippen molar-refractivity contribution in [3.8, 4) is 5.88 Å². The lowest BCUT2D eigenvalue weighted by Gasteiger charge is -2.36. The Kier molecular flexibility index (Phi) is 4.40. The van der Waals surface area contributed by atoms with Gasteiger partial charge >= 0.3 is 0 Å². The lowest BCUT2D eigenvalue weighted by Crippen LogP contribution is -2.30. The highest BCUT2D eigenvalue weighted by Gasteiger charge is 2.30. The van der Waals surface area contributed by atoms with Gasteiger partial charge < -0.3 is 4.74 Å². The van der Waals surface area contributed by atoms with Crippen LogP contribution in [0.1, 0.15) is 46.5 Å². The van der Waals surface area contributed by atoms with Gasteiger partial charge in [-0.3, -0.25) is 0 Å². The zero-order valence-electron chi connectivity index (χ0n) is 13.5. The molecule has 3 rings (SSSR count). The lowest BCUT2D eigenvalue weighted by atomic mass is 9.72. The predicted octanol–water partition coefficient (Wildman–Crippen LogP) is 5.38. The van der Waals surface area contributed by atoms with Crippen LogP contribution in [0.5, 0.6) is 5.88 Å². The Morgan fingerprint density at radius 1 is 1.14 bits per heavy atom. The topological polar surface area (TPSA) is 35.0 Å². The third-order valence-corrected chi connectivity index (χ3v) is 5.10. The molecule has 22 heavy (non-hydrogen) atoms. The highest BCUT2D eigenvalue weighted by atomic mass is 79.9. The molecule has 0 saturated heterocycles. The highest BCUT2D eigenvalue weighted by molar-refractivity contribution is 9.10. The van der Waals surface area contributed by atoms with Gasteiger partial charge in [-0.25, -0.2) is 4.98 Å². The summed E-state index contributed by atoms with van der Waals surface area (Å²) in [6.07, 6.45) is 6.79. The normalized spacial score (nSPS) is 22.7. The van der Waals surface area contributed by atoms with E-state index in [0.717, 1.165) is 34.3 Å². The van der Waals surface area contributed by atoms with Gasteiger partial charge in [0.15, 0.2) is 5.65 Å². The molecular weight excluding hydrogens is 340 g/mol. The number of aromatic nitrogens is 2. The van der Waals surface area contributed by atoms with Gasteiger partial charge in [-0.2, -0.15) is 4.98 Å². The van der Waals surface area contributed by atoms with Crippen molar-refractivity contribution in [1.82, 2.24) is 9.97 Å². The first-order chi connectivity index (χ1) is 10.4. The molecule has 2 heterocycles. The molecule has 118 valence electrons. The van der Waals surface area contributed by atoms with Gasteiger partial charge in [-0.05, 0) is 65.1 Å². The van der Waals surface area contributed by atoms with E-state index in [0.29, 0.717) is 17.4 Å². The largest absolute Gasteiger partial charge is 0.474 e. The molecule has 0 bridgehead atoms. The van der Waals surface area contributed by atoms with Gasteiger partial charge in [0.25, 0.3) is 0 Å². The molecule has 1 saturated carbocycles. The minimum absolute atomic E-state index is 0.291. The second-order valence-electron chi connectivity index (χ2n) is 7.31. The number of rotatable bonds is 2. The fourth-order valence-electron chi connectivity index (χ4n) is 3.25. The van der Waals surface area contributed by atoms with Crippen molar-refractivity contribution in [1.29, 1.82) is 0 Å². The van der Waals surface area contributed by atoms with Crippen molar-refractivity contribution in [2.24, 2.45) is 11.3 Å². The van der Waals surface area contributed by atoms with Crippen LogP contribution in [0.25, 0.3) is 11.0 Å². The van der Waals surface area contributed by atoms with Crippen molar-refractivity contribution in [3.63, 3.8) is 0 Å². The summed E-state index contributed by atoms with van der Waals surface area (Å²) in [5.74, 6) is 1.50. The summed E-state index contributed by atoms with van der Waals surface area (Å²) in [5, 5.41) is 1.03. The molecule has 0 atom stereocenters. The van der Waals surface area contributed by atoms with Gasteiger partial charge in [0.2, 0.25) is 5.88 Å². The minimum Gasteiger partial charge on any atom is -0.474 e. The van der Waals surface area contributed by atoms with Gasteiger partial charge in [0.05, 0.1) is 0 Å². The van der Waals surface area contributed by atoms with Crippen LogP contribution in [0.3, 0.4) is 0 Å². The third kappa shape index (κ3) is 3.60. The second-order valence-corrected chi connectivity index (χ2v) is 8.22. The SMILES string of the molecule is CC(C)(C)[C@H]1CC[C@H](Oc2ccc3cc(Br)cnc3n2)CC1.